The van der Waals surface area contributed by atoms with Crippen LogP contribution in [0.1, 0.15) is 33.3 Å². The van der Waals surface area contributed by atoms with E-state index in [9.17, 15) is 14.0 Å². The maximum absolute atomic E-state index is 12.1. The van der Waals surface area contributed by atoms with Crippen molar-refractivity contribution >= 4 is 12.1 Å². The number of benzene rings is 1. The second-order valence-corrected chi connectivity index (χ2v) is 6.52. The van der Waals surface area contributed by atoms with Gasteiger partial charge in [-0.15, -0.1) is 0 Å². The van der Waals surface area contributed by atoms with Gasteiger partial charge in [-0.25, -0.2) is 14.0 Å². The third-order valence-electron chi connectivity index (χ3n) is 3.12. The number of hydrogen-bond donors (Lipinski definition) is 1. The minimum atomic E-state index is -1.31. The number of amides is 1. The summed E-state index contributed by atoms with van der Waals surface area (Å²) in [5.41, 5.74) is -1.25. The molecule has 0 spiro atoms. The summed E-state index contributed by atoms with van der Waals surface area (Å²) in [6.07, 6.45) is -0.540. The van der Waals surface area contributed by atoms with Gasteiger partial charge in [0.15, 0.2) is 0 Å². The number of nitrogens with one attached hydrogen (secondary N) is 1. The predicted molar refractivity (Wildman–Crippen MR) is 86.5 cm³/mol. The average Bonchev–Trinajstić information content (AvgIpc) is 2.46. The first kappa shape index (κ1) is 19.7. The number of halogens is 1. The Bertz CT molecular complexity index is 567. The van der Waals surface area contributed by atoms with Crippen LogP contribution in [0.25, 0.3) is 0 Å². The van der Waals surface area contributed by atoms with Gasteiger partial charge in [0.25, 0.3) is 0 Å². The van der Waals surface area contributed by atoms with Crippen LogP contribution in [0.3, 0.4) is 0 Å². The van der Waals surface area contributed by atoms with Crippen molar-refractivity contribution in [2.24, 2.45) is 0 Å². The van der Waals surface area contributed by atoms with Crippen molar-refractivity contribution < 1.29 is 28.2 Å². The van der Waals surface area contributed by atoms with Crippen molar-refractivity contribution in [1.29, 1.82) is 0 Å². The van der Waals surface area contributed by atoms with E-state index < -0.39 is 30.1 Å². The smallest absolute Gasteiger partial charge is 0.408 e. The molecule has 6 nitrogen and oxygen atoms in total. The van der Waals surface area contributed by atoms with Crippen molar-refractivity contribution in [3.05, 3.63) is 29.8 Å². The number of carbonyl (C=O) groups is 2. The molecule has 0 aliphatic carbocycles. The molecule has 7 heteroatoms. The van der Waals surface area contributed by atoms with Crippen LogP contribution in [0, 0.1) is 0 Å². The van der Waals surface area contributed by atoms with E-state index in [1.54, 1.807) is 52.0 Å². The molecule has 1 unspecified atom stereocenters. The number of methoxy groups -OCH3 is 1. The van der Waals surface area contributed by atoms with E-state index >= 15 is 0 Å². The van der Waals surface area contributed by atoms with Crippen LogP contribution < -0.4 is 10.1 Å². The van der Waals surface area contributed by atoms with Gasteiger partial charge in [-0.05, 0) is 45.4 Å². The number of alkyl halides is 1. The number of hydrogen-bond acceptors (Lipinski definition) is 5. The zero-order valence-electron chi connectivity index (χ0n) is 14.6. The molecule has 134 valence electrons. The van der Waals surface area contributed by atoms with Gasteiger partial charge in [0.05, 0.1) is 7.11 Å². The summed E-state index contributed by atoms with van der Waals surface area (Å²) in [5, 5.41) is 2.56. The van der Waals surface area contributed by atoms with Gasteiger partial charge in [-0.2, -0.15) is 0 Å². The molecule has 1 N–H and O–H groups in total. The van der Waals surface area contributed by atoms with Crippen LogP contribution in [0.15, 0.2) is 24.3 Å². The van der Waals surface area contributed by atoms with Gasteiger partial charge in [0, 0.05) is 6.42 Å². The van der Waals surface area contributed by atoms with E-state index in [1.807, 2.05) is 0 Å². The Kier molecular flexibility index (Phi) is 6.57. The highest BCUT2D eigenvalue weighted by molar-refractivity contribution is 5.85. The molecule has 0 aromatic heterocycles. The summed E-state index contributed by atoms with van der Waals surface area (Å²) in [7, 11) is 1.25. The highest BCUT2D eigenvalue weighted by Crippen LogP contribution is 2.19. The molecule has 0 radical (unpaired) electrons. The first-order chi connectivity index (χ1) is 11.1. The lowest BCUT2D eigenvalue weighted by Crippen LogP contribution is -2.55. The second kappa shape index (κ2) is 7.99. The average molecular weight is 341 g/mol. The number of carbonyl (C=O) groups excluding carboxylic acids is 2. The lowest BCUT2D eigenvalue weighted by Gasteiger charge is -2.29. The maximum atomic E-state index is 12.1. The van der Waals surface area contributed by atoms with Crippen LogP contribution in [-0.2, 0) is 20.7 Å². The SMILES string of the molecule is COC(=O)C(C)(Cc1ccc(OCF)cc1)NC(=O)OC(C)(C)C. The Hall–Kier alpha value is -2.31. The summed E-state index contributed by atoms with van der Waals surface area (Å²) in [6.45, 7) is 5.82. The van der Waals surface area contributed by atoms with Gasteiger partial charge in [0.1, 0.15) is 16.9 Å². The largest absolute Gasteiger partial charge is 0.467 e. The van der Waals surface area contributed by atoms with Crippen molar-refractivity contribution in [3.8, 4) is 5.75 Å². The van der Waals surface area contributed by atoms with Crippen LogP contribution in [0.4, 0.5) is 9.18 Å². The highest BCUT2D eigenvalue weighted by atomic mass is 19.1. The van der Waals surface area contributed by atoms with Crippen LogP contribution in [-0.4, -0.2) is 37.2 Å². The van der Waals surface area contributed by atoms with E-state index in [1.165, 1.54) is 7.11 Å². The lowest BCUT2D eigenvalue weighted by molar-refractivity contribution is -0.147. The van der Waals surface area contributed by atoms with E-state index in [-0.39, 0.29) is 6.42 Å². The molecule has 1 rings (SSSR count). The van der Waals surface area contributed by atoms with Crippen molar-refractivity contribution in [2.45, 2.75) is 45.3 Å². The first-order valence-electron chi connectivity index (χ1n) is 7.47. The van der Waals surface area contributed by atoms with Crippen LogP contribution in [0.2, 0.25) is 0 Å². The molecule has 0 aliphatic heterocycles. The first-order valence-corrected chi connectivity index (χ1v) is 7.47. The van der Waals surface area contributed by atoms with Gasteiger partial charge < -0.3 is 19.5 Å². The standard InChI is InChI=1S/C17H24FNO5/c1-16(2,3)24-15(21)19-17(4,14(20)22-5)10-12-6-8-13(9-7-12)23-11-18/h6-9H,10-11H2,1-5H3,(H,19,21). The molecule has 0 bridgehead atoms. The molecular weight excluding hydrogens is 317 g/mol. The molecule has 1 aromatic carbocycles. The third kappa shape index (κ3) is 6.06. The number of ether oxygens (including phenoxy) is 3. The van der Waals surface area contributed by atoms with Crippen LogP contribution >= 0.6 is 0 Å². The van der Waals surface area contributed by atoms with Crippen molar-refractivity contribution in [2.75, 3.05) is 14.0 Å². The predicted octanol–water partition coefficient (Wildman–Crippen LogP) is 2.99. The van der Waals surface area contributed by atoms with Crippen molar-refractivity contribution in [1.82, 2.24) is 5.32 Å². The van der Waals surface area contributed by atoms with Gasteiger partial charge in [0.2, 0.25) is 6.86 Å². The summed E-state index contributed by atoms with van der Waals surface area (Å²) in [4.78, 5) is 24.2. The zero-order valence-corrected chi connectivity index (χ0v) is 14.6. The summed E-state index contributed by atoms with van der Waals surface area (Å²) >= 11 is 0. The van der Waals surface area contributed by atoms with Gasteiger partial charge in [-0.1, -0.05) is 12.1 Å². The molecule has 0 saturated carbocycles. The van der Waals surface area contributed by atoms with Crippen LogP contribution in [0.5, 0.6) is 5.75 Å². The normalized spacial score (nSPS) is 13.6. The minimum absolute atomic E-state index is 0.175. The molecular formula is C17H24FNO5. The van der Waals surface area contributed by atoms with E-state index in [2.05, 4.69) is 5.32 Å². The minimum Gasteiger partial charge on any atom is -0.467 e. The van der Waals surface area contributed by atoms with Crippen molar-refractivity contribution in [3.63, 3.8) is 0 Å². The van der Waals surface area contributed by atoms with Gasteiger partial charge >= 0.3 is 12.1 Å². The quantitative estimate of drug-likeness (QED) is 0.805. The molecule has 24 heavy (non-hydrogen) atoms. The number of alkyl carbamates (subject to hydrolysis) is 1. The fourth-order valence-electron chi connectivity index (χ4n) is 2.10. The Balaban J connectivity index is 2.91. The topological polar surface area (TPSA) is 73.9 Å². The molecule has 0 aliphatic rings. The molecule has 1 aromatic rings. The van der Waals surface area contributed by atoms with Gasteiger partial charge in [-0.3, -0.25) is 0 Å². The Labute approximate surface area is 141 Å². The molecule has 0 heterocycles. The number of rotatable bonds is 6. The number of esters is 1. The maximum Gasteiger partial charge on any atom is 0.408 e. The molecule has 1 atom stereocenters. The molecule has 0 saturated heterocycles. The lowest BCUT2D eigenvalue weighted by atomic mass is 9.93. The highest BCUT2D eigenvalue weighted by Gasteiger charge is 2.37. The van der Waals surface area contributed by atoms with E-state index in [4.69, 9.17) is 14.2 Å². The van der Waals surface area contributed by atoms with E-state index in [0.717, 1.165) is 5.56 Å². The Morgan fingerprint density at radius 3 is 2.17 bits per heavy atom. The summed E-state index contributed by atoms with van der Waals surface area (Å²) in [5.74, 6) is -0.224. The zero-order chi connectivity index (χ0) is 18.4. The van der Waals surface area contributed by atoms with E-state index in [0.29, 0.717) is 5.75 Å². The Morgan fingerprint density at radius 2 is 1.71 bits per heavy atom. The monoisotopic (exact) mass is 341 g/mol. The Morgan fingerprint density at radius 1 is 1.12 bits per heavy atom. The fourth-order valence-corrected chi connectivity index (χ4v) is 2.10. The summed E-state index contributed by atoms with van der Waals surface area (Å²) < 4.78 is 26.9. The third-order valence-corrected chi connectivity index (χ3v) is 3.12. The fraction of sp³-hybridized carbons (Fsp3) is 0.529. The second-order valence-electron chi connectivity index (χ2n) is 6.52. The molecule has 0 fully saturated rings. The molecule has 1 amide bonds. The summed E-state index contributed by atoms with van der Waals surface area (Å²) in [6, 6.07) is 6.53.